The average Bonchev–Trinajstić information content (AvgIpc) is 1.86. The van der Waals surface area contributed by atoms with Gasteiger partial charge in [-0.15, -0.1) is 0 Å². The minimum absolute atomic E-state index is 0. The second kappa shape index (κ2) is 4.58. The van der Waals surface area contributed by atoms with Crippen LogP contribution in [0.2, 0.25) is 0 Å². The van der Waals surface area contributed by atoms with Gasteiger partial charge in [-0.05, 0) is 34.7 Å². The van der Waals surface area contributed by atoms with Crippen LogP contribution in [0.25, 0.3) is 0 Å². The third-order valence-electron chi connectivity index (χ3n) is 1.11. The first-order chi connectivity index (χ1) is 5.02. The number of rotatable bonds is 1. The molecule has 0 saturated heterocycles. The molecular formula is C6H8AlIO3S. The van der Waals surface area contributed by atoms with Gasteiger partial charge in [0.05, 0.1) is 0 Å². The molecule has 3 nitrogen and oxygen atoms in total. The minimum atomic E-state index is -4.04. The summed E-state index contributed by atoms with van der Waals surface area (Å²) in [5, 5.41) is 0. The van der Waals surface area contributed by atoms with E-state index in [1.165, 1.54) is 6.07 Å². The molecule has 0 unspecified atom stereocenters. The summed E-state index contributed by atoms with van der Waals surface area (Å²) in [7, 11) is -4.04. The Balaban J connectivity index is 0.00000121. The van der Waals surface area contributed by atoms with Crippen LogP contribution in [0.15, 0.2) is 29.2 Å². The summed E-state index contributed by atoms with van der Waals surface area (Å²) in [6.07, 6.45) is 0. The summed E-state index contributed by atoms with van der Waals surface area (Å²) in [6.45, 7) is 0. The van der Waals surface area contributed by atoms with Crippen molar-refractivity contribution in [2.75, 3.05) is 0 Å². The van der Waals surface area contributed by atoms with Crippen molar-refractivity contribution in [1.82, 2.24) is 0 Å². The van der Waals surface area contributed by atoms with E-state index in [1.54, 1.807) is 18.2 Å². The lowest BCUT2D eigenvalue weighted by Crippen LogP contribution is -1.99. The molecule has 0 saturated carbocycles. The predicted molar refractivity (Wildman–Crippen MR) is 58.9 cm³/mol. The number of hydrogen-bond donors (Lipinski definition) is 1. The highest BCUT2D eigenvalue weighted by atomic mass is 127. The monoisotopic (exact) mass is 314 g/mol. The molecule has 0 aliphatic heterocycles. The summed E-state index contributed by atoms with van der Waals surface area (Å²) in [5.41, 5.74) is 0. The van der Waals surface area contributed by atoms with E-state index in [2.05, 4.69) is 0 Å². The summed E-state index contributed by atoms with van der Waals surface area (Å²) in [4.78, 5) is -0.0411. The number of hydrogen-bond acceptors (Lipinski definition) is 2. The molecule has 0 aliphatic rings. The van der Waals surface area contributed by atoms with Gasteiger partial charge in [-0.3, -0.25) is 4.55 Å². The molecule has 1 N–H and O–H groups in total. The Hall–Kier alpha value is 0.392. The molecule has 0 amide bonds. The maximum atomic E-state index is 10.6. The summed E-state index contributed by atoms with van der Waals surface area (Å²) >= 11 is 1.85. The minimum Gasteiger partial charge on any atom is -0.282 e. The zero-order chi connectivity index (χ0) is 8.48. The SMILES string of the molecule is O=S(=O)(O)c1ccccc1I.[AlH3]. The van der Waals surface area contributed by atoms with Crippen LogP contribution in [-0.2, 0) is 10.1 Å². The van der Waals surface area contributed by atoms with E-state index in [1.807, 2.05) is 22.6 Å². The van der Waals surface area contributed by atoms with E-state index < -0.39 is 10.1 Å². The number of benzene rings is 1. The Labute approximate surface area is 95.2 Å². The highest BCUT2D eigenvalue weighted by Gasteiger charge is 2.11. The fourth-order valence-corrected chi connectivity index (χ4v) is 2.44. The largest absolute Gasteiger partial charge is 0.295 e. The highest BCUT2D eigenvalue weighted by Crippen LogP contribution is 2.16. The molecule has 12 heavy (non-hydrogen) atoms. The molecule has 0 radical (unpaired) electrons. The maximum absolute atomic E-state index is 10.6. The molecule has 0 bridgehead atoms. The fourth-order valence-electron chi connectivity index (χ4n) is 0.654. The van der Waals surface area contributed by atoms with Gasteiger partial charge in [0.15, 0.2) is 17.4 Å². The second-order valence-electron chi connectivity index (χ2n) is 1.91. The third kappa shape index (κ3) is 3.03. The van der Waals surface area contributed by atoms with Crippen LogP contribution in [0.5, 0.6) is 0 Å². The molecule has 0 atom stereocenters. The van der Waals surface area contributed by atoms with Crippen molar-refractivity contribution in [2.24, 2.45) is 0 Å². The van der Waals surface area contributed by atoms with Crippen LogP contribution in [-0.4, -0.2) is 30.3 Å². The van der Waals surface area contributed by atoms with Gasteiger partial charge < -0.3 is 0 Å². The Morgan fingerprint density at radius 2 is 1.75 bits per heavy atom. The molecule has 0 fully saturated rings. The summed E-state index contributed by atoms with van der Waals surface area (Å²) < 4.78 is 30.4. The average molecular weight is 314 g/mol. The van der Waals surface area contributed by atoms with Crippen molar-refractivity contribution in [3.8, 4) is 0 Å². The molecule has 1 rings (SSSR count). The quantitative estimate of drug-likeness (QED) is 0.462. The highest BCUT2D eigenvalue weighted by molar-refractivity contribution is 14.1. The Morgan fingerprint density at radius 1 is 1.25 bits per heavy atom. The van der Waals surface area contributed by atoms with E-state index >= 15 is 0 Å². The predicted octanol–water partition coefficient (Wildman–Crippen LogP) is 0.354. The van der Waals surface area contributed by atoms with E-state index in [4.69, 9.17) is 4.55 Å². The van der Waals surface area contributed by atoms with Crippen molar-refractivity contribution >= 4 is 50.1 Å². The van der Waals surface area contributed by atoms with Crippen LogP contribution in [0.3, 0.4) is 0 Å². The van der Waals surface area contributed by atoms with Gasteiger partial charge >= 0.3 is 0 Å². The molecule has 6 heteroatoms. The van der Waals surface area contributed by atoms with Crippen molar-refractivity contribution in [3.05, 3.63) is 27.8 Å². The maximum Gasteiger partial charge on any atom is 0.295 e. The van der Waals surface area contributed by atoms with Gasteiger partial charge in [0.2, 0.25) is 0 Å². The Morgan fingerprint density at radius 3 is 2.08 bits per heavy atom. The first kappa shape index (κ1) is 12.4. The van der Waals surface area contributed by atoms with E-state index in [-0.39, 0.29) is 22.3 Å². The van der Waals surface area contributed by atoms with E-state index in [0.29, 0.717) is 3.57 Å². The fraction of sp³-hybridized carbons (Fsp3) is 0. The standard InChI is InChI=1S/C6H5IO3S.Al.3H/c7-5-3-1-2-4-6(5)11(8,9)10;;;;/h1-4H,(H,8,9,10);;;;. The first-order valence-corrected chi connectivity index (χ1v) is 5.26. The van der Waals surface area contributed by atoms with Gasteiger partial charge in [0.25, 0.3) is 10.1 Å². The molecule has 0 aromatic heterocycles. The van der Waals surface area contributed by atoms with Crippen LogP contribution in [0.4, 0.5) is 0 Å². The molecule has 0 aliphatic carbocycles. The second-order valence-corrected chi connectivity index (χ2v) is 4.46. The number of halogens is 1. The Kier molecular flexibility index (Phi) is 4.73. The lowest BCUT2D eigenvalue weighted by Gasteiger charge is -1.97. The van der Waals surface area contributed by atoms with Crippen molar-refractivity contribution in [3.63, 3.8) is 0 Å². The van der Waals surface area contributed by atoms with E-state index in [9.17, 15) is 8.42 Å². The first-order valence-electron chi connectivity index (χ1n) is 2.74. The lowest BCUT2D eigenvalue weighted by atomic mass is 10.4. The topological polar surface area (TPSA) is 54.4 Å². The Bertz CT molecular complexity index is 363. The van der Waals surface area contributed by atoms with Gasteiger partial charge in [-0.25, -0.2) is 0 Å². The van der Waals surface area contributed by atoms with E-state index in [0.717, 1.165) is 0 Å². The van der Waals surface area contributed by atoms with Crippen LogP contribution in [0.1, 0.15) is 0 Å². The van der Waals surface area contributed by atoms with Crippen molar-refractivity contribution < 1.29 is 13.0 Å². The van der Waals surface area contributed by atoms with Crippen molar-refractivity contribution in [1.29, 1.82) is 0 Å². The molecule has 1 aromatic carbocycles. The molecule has 0 spiro atoms. The smallest absolute Gasteiger partial charge is 0.282 e. The molecule has 66 valence electrons. The van der Waals surface area contributed by atoms with Crippen molar-refractivity contribution in [2.45, 2.75) is 4.90 Å². The zero-order valence-electron chi connectivity index (χ0n) is 5.36. The van der Waals surface area contributed by atoms with Gasteiger partial charge in [-0.2, -0.15) is 8.42 Å². The van der Waals surface area contributed by atoms with Gasteiger partial charge in [-0.1, -0.05) is 12.1 Å². The summed E-state index contributed by atoms with van der Waals surface area (Å²) in [5.74, 6) is 0. The molecule has 1 aromatic rings. The molecular weight excluding hydrogens is 306 g/mol. The van der Waals surface area contributed by atoms with Gasteiger partial charge in [0.1, 0.15) is 4.90 Å². The zero-order valence-corrected chi connectivity index (χ0v) is 8.33. The third-order valence-corrected chi connectivity index (χ3v) is 3.33. The van der Waals surface area contributed by atoms with Crippen LogP contribution < -0.4 is 0 Å². The normalized spacial score (nSPS) is 10.5. The van der Waals surface area contributed by atoms with Crippen LogP contribution in [0, 0.1) is 3.57 Å². The lowest BCUT2D eigenvalue weighted by molar-refractivity contribution is 0.482. The summed E-state index contributed by atoms with van der Waals surface area (Å²) in [6, 6.07) is 6.24. The van der Waals surface area contributed by atoms with Gasteiger partial charge in [0, 0.05) is 3.57 Å². The van der Waals surface area contributed by atoms with Crippen LogP contribution >= 0.6 is 22.6 Å². The molecule has 0 heterocycles.